The van der Waals surface area contributed by atoms with Gasteiger partial charge in [-0.1, -0.05) is 12.1 Å². The Morgan fingerprint density at radius 2 is 1.92 bits per heavy atom. The Morgan fingerprint density at radius 3 is 2.60 bits per heavy atom. The van der Waals surface area contributed by atoms with E-state index in [0.29, 0.717) is 18.2 Å². The lowest BCUT2D eigenvalue weighted by molar-refractivity contribution is -0.116. The monoisotopic (exact) mass is 335 g/mol. The van der Waals surface area contributed by atoms with Crippen LogP contribution in [0.4, 0.5) is 5.82 Å². The molecule has 0 fully saturated rings. The van der Waals surface area contributed by atoms with Gasteiger partial charge in [-0.15, -0.1) is 0 Å². The summed E-state index contributed by atoms with van der Waals surface area (Å²) in [6, 6.07) is 9.53. The number of nitrogens with one attached hydrogen (secondary N) is 1. The number of aryl methyl sites for hydroxylation is 1. The summed E-state index contributed by atoms with van der Waals surface area (Å²) in [5.41, 5.74) is 2.90. The summed E-state index contributed by atoms with van der Waals surface area (Å²) in [4.78, 5) is 20.8. The van der Waals surface area contributed by atoms with Gasteiger partial charge in [-0.25, -0.2) is 9.97 Å². The number of rotatable bonds is 3. The van der Waals surface area contributed by atoms with Crippen LogP contribution in [-0.2, 0) is 4.79 Å². The second-order valence-corrected chi connectivity index (χ2v) is 5.89. The standard InChI is InChI=1S/C18H17N5O2/c1-11-16-14(12-4-6-13(25-2)7-5-12)10-15(24)21-17(16)23(22-11)18-19-8-3-9-20-18/h3-9,14H,10H2,1-2H3,(H,21,24)/t14-/m0/s1. The molecule has 4 rings (SSSR count). The third kappa shape index (κ3) is 2.63. The number of nitrogens with zero attached hydrogens (tertiary/aromatic N) is 4. The van der Waals surface area contributed by atoms with Crippen LogP contribution in [0.3, 0.4) is 0 Å². The van der Waals surface area contributed by atoms with Crippen molar-refractivity contribution in [1.82, 2.24) is 19.7 Å². The van der Waals surface area contributed by atoms with Gasteiger partial charge in [0.05, 0.1) is 12.8 Å². The van der Waals surface area contributed by atoms with Crippen LogP contribution in [0, 0.1) is 6.92 Å². The molecule has 0 bridgehead atoms. The van der Waals surface area contributed by atoms with Crippen molar-refractivity contribution >= 4 is 11.7 Å². The van der Waals surface area contributed by atoms with Gasteiger partial charge in [-0.2, -0.15) is 9.78 Å². The lowest BCUT2D eigenvalue weighted by Gasteiger charge is -2.24. The highest BCUT2D eigenvalue weighted by atomic mass is 16.5. The fourth-order valence-electron chi connectivity index (χ4n) is 3.21. The molecule has 0 unspecified atom stereocenters. The molecular formula is C18H17N5O2. The maximum Gasteiger partial charge on any atom is 0.252 e. The minimum absolute atomic E-state index is 0.0506. The van der Waals surface area contributed by atoms with Crippen LogP contribution in [0.2, 0.25) is 0 Å². The zero-order valence-corrected chi connectivity index (χ0v) is 13.9. The van der Waals surface area contributed by atoms with Gasteiger partial charge in [0.1, 0.15) is 11.6 Å². The molecule has 126 valence electrons. The molecule has 0 saturated carbocycles. The predicted octanol–water partition coefficient (Wildman–Crippen LogP) is 2.45. The lowest BCUT2D eigenvalue weighted by atomic mass is 9.86. The van der Waals surface area contributed by atoms with Crippen LogP contribution in [0.5, 0.6) is 5.75 Å². The van der Waals surface area contributed by atoms with Crippen LogP contribution < -0.4 is 10.1 Å². The van der Waals surface area contributed by atoms with Gasteiger partial charge in [0, 0.05) is 30.3 Å². The minimum atomic E-state index is -0.0629. The minimum Gasteiger partial charge on any atom is -0.497 e. The summed E-state index contributed by atoms with van der Waals surface area (Å²) < 4.78 is 6.82. The smallest absolute Gasteiger partial charge is 0.252 e. The Balaban J connectivity index is 1.83. The van der Waals surface area contributed by atoms with E-state index < -0.39 is 0 Å². The maximum absolute atomic E-state index is 12.3. The first-order valence-corrected chi connectivity index (χ1v) is 7.98. The number of hydrogen-bond donors (Lipinski definition) is 1. The van der Waals surface area contributed by atoms with Crippen LogP contribution in [0.15, 0.2) is 42.7 Å². The van der Waals surface area contributed by atoms with Crippen molar-refractivity contribution in [1.29, 1.82) is 0 Å². The van der Waals surface area contributed by atoms with Crippen LogP contribution in [0.25, 0.3) is 5.95 Å². The van der Waals surface area contributed by atoms with Gasteiger partial charge in [0.2, 0.25) is 5.91 Å². The van der Waals surface area contributed by atoms with E-state index in [0.717, 1.165) is 22.6 Å². The van der Waals surface area contributed by atoms with Gasteiger partial charge in [-0.3, -0.25) is 4.79 Å². The van der Waals surface area contributed by atoms with Crippen LogP contribution in [0.1, 0.15) is 29.2 Å². The Kier molecular flexibility index (Phi) is 3.68. The number of benzene rings is 1. The Labute approximate surface area is 144 Å². The number of fused-ring (bicyclic) bond motifs is 1. The third-order valence-corrected chi connectivity index (χ3v) is 4.36. The van der Waals surface area contributed by atoms with Crippen molar-refractivity contribution in [3.63, 3.8) is 0 Å². The molecule has 1 aliphatic rings. The Morgan fingerprint density at radius 1 is 1.20 bits per heavy atom. The summed E-state index contributed by atoms with van der Waals surface area (Å²) in [6.07, 6.45) is 3.68. The molecule has 3 heterocycles. The fraction of sp³-hybridized carbons (Fsp3) is 0.222. The zero-order valence-electron chi connectivity index (χ0n) is 13.9. The van der Waals surface area contributed by atoms with E-state index in [4.69, 9.17) is 4.74 Å². The maximum atomic E-state index is 12.3. The highest BCUT2D eigenvalue weighted by molar-refractivity contribution is 5.95. The number of ether oxygens (including phenoxy) is 1. The molecule has 0 spiro atoms. The molecular weight excluding hydrogens is 318 g/mol. The van der Waals surface area contributed by atoms with Crippen molar-refractivity contribution < 1.29 is 9.53 Å². The normalized spacial score (nSPS) is 16.2. The lowest BCUT2D eigenvalue weighted by Crippen LogP contribution is -2.25. The molecule has 2 aromatic heterocycles. The first-order chi connectivity index (χ1) is 12.2. The van der Waals surface area contributed by atoms with E-state index in [1.54, 1.807) is 30.3 Å². The summed E-state index contributed by atoms with van der Waals surface area (Å²) in [6.45, 7) is 1.94. The topological polar surface area (TPSA) is 81.9 Å². The highest BCUT2D eigenvalue weighted by Crippen LogP contribution is 2.40. The molecule has 0 saturated heterocycles. The zero-order chi connectivity index (χ0) is 17.4. The number of carbonyl (C=O) groups excluding carboxylic acids is 1. The van der Waals surface area contributed by atoms with Crippen molar-refractivity contribution in [3.05, 3.63) is 59.5 Å². The molecule has 25 heavy (non-hydrogen) atoms. The number of hydrogen-bond acceptors (Lipinski definition) is 5. The van der Waals surface area contributed by atoms with Crippen molar-refractivity contribution in [2.45, 2.75) is 19.3 Å². The van der Waals surface area contributed by atoms with Gasteiger partial charge in [-0.05, 0) is 30.7 Å². The average Bonchev–Trinajstić information content (AvgIpc) is 2.98. The van der Waals surface area contributed by atoms with Gasteiger partial charge in [0.15, 0.2) is 0 Å². The average molecular weight is 335 g/mol. The number of amides is 1. The third-order valence-electron chi connectivity index (χ3n) is 4.36. The number of methoxy groups -OCH3 is 1. The van der Waals surface area contributed by atoms with Crippen LogP contribution in [-0.4, -0.2) is 32.8 Å². The molecule has 1 amide bonds. The number of aromatic nitrogens is 4. The highest BCUT2D eigenvalue weighted by Gasteiger charge is 2.33. The molecule has 3 aromatic rings. The molecule has 1 atom stereocenters. The van der Waals surface area contributed by atoms with E-state index in [1.165, 1.54) is 0 Å². The van der Waals surface area contributed by atoms with Gasteiger partial charge < -0.3 is 10.1 Å². The first-order valence-electron chi connectivity index (χ1n) is 7.98. The van der Waals surface area contributed by atoms with E-state index in [2.05, 4.69) is 20.4 Å². The first kappa shape index (κ1) is 15.3. The molecule has 0 radical (unpaired) electrons. The molecule has 1 aromatic carbocycles. The second-order valence-electron chi connectivity index (χ2n) is 5.89. The van der Waals surface area contributed by atoms with Crippen molar-refractivity contribution in [2.24, 2.45) is 0 Å². The molecule has 1 aliphatic heterocycles. The Hall–Kier alpha value is -3.22. The van der Waals surface area contributed by atoms with Gasteiger partial charge >= 0.3 is 0 Å². The predicted molar refractivity (Wildman–Crippen MR) is 92.0 cm³/mol. The summed E-state index contributed by atoms with van der Waals surface area (Å²) in [7, 11) is 1.63. The quantitative estimate of drug-likeness (QED) is 0.795. The van der Waals surface area contributed by atoms with Gasteiger partial charge in [0.25, 0.3) is 5.95 Å². The summed E-state index contributed by atoms with van der Waals surface area (Å²) in [5.74, 6) is 1.75. The van der Waals surface area contributed by atoms with Crippen molar-refractivity contribution in [2.75, 3.05) is 12.4 Å². The van der Waals surface area contributed by atoms with E-state index >= 15 is 0 Å². The summed E-state index contributed by atoms with van der Waals surface area (Å²) in [5, 5.41) is 7.49. The van der Waals surface area contributed by atoms with Crippen LogP contribution >= 0.6 is 0 Å². The number of carbonyl (C=O) groups is 1. The van der Waals surface area contributed by atoms with Crippen molar-refractivity contribution in [3.8, 4) is 11.7 Å². The van der Waals surface area contributed by atoms with E-state index in [-0.39, 0.29) is 11.8 Å². The largest absolute Gasteiger partial charge is 0.497 e. The second kappa shape index (κ2) is 6.01. The molecule has 7 heteroatoms. The SMILES string of the molecule is COc1ccc([C@@H]2CC(=O)Nc3c2c(C)nn3-c2ncccn2)cc1. The van der Waals surface area contributed by atoms with E-state index in [1.807, 2.05) is 31.2 Å². The molecule has 0 aliphatic carbocycles. The molecule has 1 N–H and O–H groups in total. The fourth-order valence-corrected chi connectivity index (χ4v) is 3.21. The summed E-state index contributed by atoms with van der Waals surface area (Å²) >= 11 is 0. The number of anilines is 1. The molecule has 7 nitrogen and oxygen atoms in total. The van der Waals surface area contributed by atoms with E-state index in [9.17, 15) is 4.79 Å². The Bertz CT molecular complexity index is 919.